The van der Waals surface area contributed by atoms with Crippen LogP contribution in [0.25, 0.3) is 0 Å². The van der Waals surface area contributed by atoms with Crippen molar-refractivity contribution in [1.82, 2.24) is 0 Å². The molecule has 11 nitrogen and oxygen atoms in total. The van der Waals surface area contributed by atoms with Crippen molar-refractivity contribution in [1.29, 1.82) is 0 Å². The van der Waals surface area contributed by atoms with Gasteiger partial charge in [0.25, 0.3) is 0 Å². The molecule has 0 aliphatic rings. The fraction of sp³-hybridized carbons (Fsp3) is 0.763. The molecule has 0 atom stereocenters. The Hall–Kier alpha value is -3.66. The van der Waals surface area contributed by atoms with E-state index in [0.29, 0.717) is 92.4 Å². The minimum Gasteiger partial charge on any atom is -0.507 e. The van der Waals surface area contributed by atoms with Crippen LogP contribution < -0.4 is 0 Å². The highest BCUT2D eigenvalue weighted by Gasteiger charge is 2.22. The average Bonchev–Trinajstić information content (AvgIpc) is 0.820. The van der Waals surface area contributed by atoms with Gasteiger partial charge < -0.3 is 34.3 Å². The lowest BCUT2D eigenvalue weighted by Crippen LogP contribution is -2.13. The summed E-state index contributed by atoms with van der Waals surface area (Å²) in [5.74, 6) is 7.63. The number of esters is 4. The van der Waals surface area contributed by atoms with Crippen LogP contribution in [0.1, 0.15) is 389 Å². The van der Waals surface area contributed by atoms with Gasteiger partial charge in [-0.3, -0.25) is 19.2 Å². The minimum absolute atomic E-state index is 0.114. The monoisotopic (exact) mass is 1580 g/mol. The van der Waals surface area contributed by atoms with Crippen LogP contribution in [-0.4, -0.2) is 100 Å². The molecule has 622 valence electrons. The first kappa shape index (κ1) is 102. The third kappa shape index (κ3) is 56.5. The smallest absolute Gasteiger partial charge is 0.306 e. The molecule has 3 rings (SSSR count). The summed E-state index contributed by atoms with van der Waals surface area (Å²) in [6.07, 6.45) is 53.3. The molecular formula is C93H160O11S4. The number of phenols is 3. The first-order chi connectivity index (χ1) is 52.0. The summed E-state index contributed by atoms with van der Waals surface area (Å²) in [6.45, 7) is 28.9. The molecule has 0 radical (unpaired) electrons. The molecule has 0 heterocycles. The second-order valence-corrected chi connectivity index (χ2v) is 36.9. The molecular weight excluding hydrogens is 1420 g/mol. The van der Waals surface area contributed by atoms with Crippen molar-refractivity contribution in [3.63, 3.8) is 0 Å². The number of thioether (sulfide) groups is 4. The Labute approximate surface area is 679 Å². The van der Waals surface area contributed by atoms with Crippen LogP contribution in [0, 0.1) is 20.8 Å². The van der Waals surface area contributed by atoms with Gasteiger partial charge in [-0.2, -0.15) is 47.0 Å². The van der Waals surface area contributed by atoms with Crippen LogP contribution in [0.5, 0.6) is 17.2 Å². The number of hydrogen-bond acceptors (Lipinski definition) is 15. The fourth-order valence-electron chi connectivity index (χ4n) is 12.9. The van der Waals surface area contributed by atoms with Gasteiger partial charge in [0, 0.05) is 52.9 Å². The molecule has 0 bridgehead atoms. The molecule has 15 heteroatoms. The maximum absolute atomic E-state index is 12.2. The number of aryl methyl sites for hydroxylation is 5. The summed E-state index contributed by atoms with van der Waals surface area (Å²) in [4.78, 5) is 47.9. The SMILES string of the molecule is CCCCCCCCCCCCOC(=O)CCSCCC(=O)OCCCCCCCCCCCC.CCCCCCCCCCCCSCc1cc(C)c(O)c(CSCCCCCCCCCC)c1.Cc1cc(CCC(=O)OCCSCCOC(=O)CCc2cc(C)c(O)c(C(C)(C)C)c2)cc(C(C)(C)C)c1O. The minimum atomic E-state index is -0.246. The molecule has 0 fully saturated rings. The van der Waals surface area contributed by atoms with Gasteiger partial charge in [0.05, 0.1) is 26.1 Å². The van der Waals surface area contributed by atoms with Gasteiger partial charge in [-0.05, 0) is 126 Å². The predicted octanol–water partition coefficient (Wildman–Crippen LogP) is 27.4. The molecule has 0 aliphatic heterocycles. The van der Waals surface area contributed by atoms with Crippen LogP contribution in [0.15, 0.2) is 36.4 Å². The van der Waals surface area contributed by atoms with Gasteiger partial charge in [0.1, 0.15) is 30.5 Å². The maximum Gasteiger partial charge on any atom is 0.306 e. The second-order valence-electron chi connectivity index (χ2n) is 32.3. The van der Waals surface area contributed by atoms with Crippen LogP contribution in [0.3, 0.4) is 0 Å². The Kier molecular flexibility index (Phi) is 64.3. The number of carbonyl (C=O) groups excluding carboxylic acids is 4. The molecule has 3 aromatic carbocycles. The average molecular weight is 1580 g/mol. The predicted molar refractivity (Wildman–Crippen MR) is 471 cm³/mol. The number of unbranched alkanes of at least 4 members (excludes halogenated alkanes) is 34. The van der Waals surface area contributed by atoms with Crippen LogP contribution in [0.4, 0.5) is 0 Å². The van der Waals surface area contributed by atoms with Crippen molar-refractivity contribution in [2.24, 2.45) is 0 Å². The number of phenolic OH excluding ortho intramolecular Hbond substituents is 3. The van der Waals surface area contributed by atoms with E-state index in [-0.39, 0.29) is 47.5 Å². The van der Waals surface area contributed by atoms with E-state index in [9.17, 15) is 34.5 Å². The highest BCUT2D eigenvalue weighted by atomic mass is 32.2. The van der Waals surface area contributed by atoms with E-state index in [0.717, 1.165) is 81.7 Å². The second kappa shape index (κ2) is 67.8. The van der Waals surface area contributed by atoms with Crippen molar-refractivity contribution in [2.45, 2.75) is 395 Å². The number of rotatable bonds is 64. The summed E-state index contributed by atoms with van der Waals surface area (Å²) >= 11 is 7.25. The van der Waals surface area contributed by atoms with Gasteiger partial charge in [-0.1, -0.05) is 324 Å². The van der Waals surface area contributed by atoms with E-state index in [1.54, 1.807) is 23.5 Å². The molecule has 108 heavy (non-hydrogen) atoms. The lowest BCUT2D eigenvalue weighted by molar-refractivity contribution is -0.144. The summed E-state index contributed by atoms with van der Waals surface area (Å²) in [6, 6.07) is 12.2. The zero-order valence-corrected chi connectivity index (χ0v) is 74.6. The summed E-state index contributed by atoms with van der Waals surface area (Å²) < 4.78 is 21.3. The highest BCUT2D eigenvalue weighted by Crippen LogP contribution is 2.37. The molecule has 3 aromatic rings. The van der Waals surface area contributed by atoms with E-state index >= 15 is 0 Å². The lowest BCUT2D eigenvalue weighted by atomic mass is 9.83. The molecule has 0 aliphatic carbocycles. The molecule has 0 aromatic heterocycles. The Morgan fingerprint density at radius 2 is 0.574 bits per heavy atom. The van der Waals surface area contributed by atoms with Crippen molar-refractivity contribution < 1.29 is 53.4 Å². The van der Waals surface area contributed by atoms with Crippen molar-refractivity contribution in [3.05, 3.63) is 86.5 Å². The quantitative estimate of drug-likeness (QED) is 0.0277. The number of ether oxygens (including phenoxy) is 4. The topological polar surface area (TPSA) is 166 Å². The van der Waals surface area contributed by atoms with Crippen molar-refractivity contribution >= 4 is 70.9 Å². The summed E-state index contributed by atoms with van der Waals surface area (Å²) in [5.41, 5.74) is 8.62. The first-order valence-electron chi connectivity index (χ1n) is 43.4. The van der Waals surface area contributed by atoms with Crippen LogP contribution >= 0.6 is 47.0 Å². The Bertz CT molecular complexity index is 2610. The molecule has 0 unspecified atom stereocenters. The Morgan fingerprint density at radius 1 is 0.296 bits per heavy atom. The van der Waals surface area contributed by atoms with Gasteiger partial charge >= 0.3 is 23.9 Å². The van der Waals surface area contributed by atoms with E-state index in [2.05, 4.69) is 100 Å². The Balaban J connectivity index is 0.000000813. The third-order valence-electron chi connectivity index (χ3n) is 19.7. The standard InChI is InChI=1S/C32H46O6S.C31H56OS2.C30H58O4S/c1-21-17-23(19-25(29(21)35)31(3,4)5)9-11-27(33)37-13-15-39-16-14-38-28(34)12-10-24-18-22(2)30(36)26(20-24)32(6,7)8;1-4-6-8-10-12-14-15-17-18-20-22-33-26-29-24-28(3)31(32)30(25-29)27-34-23-21-19-16-13-11-9-7-5-2;1-3-5-7-9-11-13-15-17-19-21-25-33-29(31)23-27-35-28-24-30(32)34-26-22-20-18-16-14-12-10-8-6-4-2/h17-20,35-36H,9-16H2,1-8H3;24-25,32H,4-23,26-27H2,1-3H3;3-28H2,1-2H3. The fourth-order valence-corrected chi connectivity index (χ4v) is 16.3. The zero-order valence-electron chi connectivity index (χ0n) is 71.3. The first-order valence-corrected chi connectivity index (χ1v) is 48.0. The van der Waals surface area contributed by atoms with Gasteiger partial charge in [-0.15, -0.1) is 0 Å². The normalized spacial score (nSPS) is 11.5. The van der Waals surface area contributed by atoms with E-state index in [1.807, 2.05) is 49.9 Å². The number of benzene rings is 3. The van der Waals surface area contributed by atoms with Crippen LogP contribution in [0.2, 0.25) is 0 Å². The summed E-state index contributed by atoms with van der Waals surface area (Å²) in [5, 5.41) is 31.2. The molecule has 0 saturated heterocycles. The lowest BCUT2D eigenvalue weighted by Gasteiger charge is -2.22. The Morgan fingerprint density at radius 3 is 0.917 bits per heavy atom. The third-order valence-corrected chi connectivity index (χ3v) is 23.8. The molecule has 0 saturated carbocycles. The zero-order chi connectivity index (χ0) is 79.7. The van der Waals surface area contributed by atoms with E-state index in [1.165, 1.54) is 235 Å². The van der Waals surface area contributed by atoms with Gasteiger partial charge in [-0.25, -0.2) is 0 Å². The molecule has 0 amide bonds. The summed E-state index contributed by atoms with van der Waals surface area (Å²) in [7, 11) is 0. The number of carbonyl (C=O) groups is 4. The van der Waals surface area contributed by atoms with Gasteiger partial charge in [0.15, 0.2) is 0 Å². The largest absolute Gasteiger partial charge is 0.507 e. The van der Waals surface area contributed by atoms with E-state index in [4.69, 9.17) is 18.9 Å². The molecule has 0 spiro atoms. The van der Waals surface area contributed by atoms with Gasteiger partial charge in [0.2, 0.25) is 0 Å². The number of hydrogen-bond donors (Lipinski definition) is 3. The van der Waals surface area contributed by atoms with E-state index < -0.39 is 0 Å². The number of aromatic hydroxyl groups is 3. The maximum atomic E-state index is 12.2. The van der Waals surface area contributed by atoms with Crippen LogP contribution in [-0.2, 0) is 73.3 Å². The van der Waals surface area contributed by atoms with Crippen molar-refractivity contribution in [2.75, 3.05) is 60.9 Å². The molecule has 3 N–H and O–H groups in total. The highest BCUT2D eigenvalue weighted by molar-refractivity contribution is 7.99. The van der Waals surface area contributed by atoms with Crippen molar-refractivity contribution in [3.8, 4) is 17.2 Å².